The molecule has 1 aromatic heterocycles. The summed E-state index contributed by atoms with van der Waals surface area (Å²) in [6.07, 6.45) is 0. The zero-order valence-electron chi connectivity index (χ0n) is 8.74. The van der Waals surface area contributed by atoms with Crippen LogP contribution in [0.1, 0.15) is 5.69 Å². The number of imidazole rings is 1. The molecule has 0 unspecified atom stereocenters. The zero-order valence-corrected chi connectivity index (χ0v) is 11.1. The highest BCUT2D eigenvalue weighted by Crippen LogP contribution is 2.29. The Morgan fingerprint density at radius 2 is 2.12 bits per heavy atom. The molecule has 0 bridgehead atoms. The molecule has 2 aromatic rings. The van der Waals surface area contributed by atoms with Gasteiger partial charge in [-0.15, -0.1) is 0 Å². The average molecular weight is 301 g/mol. The molecule has 0 saturated carbocycles. The fourth-order valence-electron chi connectivity index (χ4n) is 1.55. The standard InChI is InChI=1S/C11H11BrClN3/c1-16-10(12)9(6-14)15-11(16)7-4-2-3-5-8(7)13/h2-5H,6,14H2,1H3. The van der Waals surface area contributed by atoms with Gasteiger partial charge in [-0.05, 0) is 28.1 Å². The van der Waals surface area contributed by atoms with Gasteiger partial charge in [0.05, 0.1) is 10.7 Å². The number of hydrogen-bond donors (Lipinski definition) is 1. The second kappa shape index (κ2) is 4.57. The fraction of sp³-hybridized carbons (Fsp3) is 0.182. The van der Waals surface area contributed by atoms with E-state index in [1.54, 1.807) is 0 Å². The largest absolute Gasteiger partial charge is 0.325 e. The van der Waals surface area contributed by atoms with E-state index in [4.69, 9.17) is 17.3 Å². The molecule has 1 aromatic carbocycles. The Balaban J connectivity index is 2.61. The van der Waals surface area contributed by atoms with Crippen molar-refractivity contribution in [1.29, 1.82) is 0 Å². The molecule has 1 heterocycles. The highest BCUT2D eigenvalue weighted by atomic mass is 79.9. The van der Waals surface area contributed by atoms with E-state index >= 15 is 0 Å². The number of nitrogens with zero attached hydrogens (tertiary/aromatic N) is 2. The first-order valence-electron chi connectivity index (χ1n) is 4.81. The van der Waals surface area contributed by atoms with Crippen molar-refractivity contribution < 1.29 is 0 Å². The van der Waals surface area contributed by atoms with Crippen LogP contribution in [0.5, 0.6) is 0 Å². The van der Waals surface area contributed by atoms with Crippen molar-refractivity contribution in [2.75, 3.05) is 0 Å². The Kier molecular flexibility index (Phi) is 3.33. The molecule has 0 saturated heterocycles. The smallest absolute Gasteiger partial charge is 0.142 e. The summed E-state index contributed by atoms with van der Waals surface area (Å²) >= 11 is 9.60. The Morgan fingerprint density at radius 3 is 2.69 bits per heavy atom. The maximum absolute atomic E-state index is 6.14. The van der Waals surface area contributed by atoms with Gasteiger partial charge in [0.15, 0.2) is 0 Å². The molecule has 0 aliphatic heterocycles. The molecular weight excluding hydrogens is 289 g/mol. The fourth-order valence-corrected chi connectivity index (χ4v) is 2.19. The van der Waals surface area contributed by atoms with Crippen LogP contribution in [0.25, 0.3) is 11.4 Å². The minimum atomic E-state index is 0.402. The van der Waals surface area contributed by atoms with Gasteiger partial charge in [-0.3, -0.25) is 0 Å². The van der Waals surface area contributed by atoms with Crippen molar-refractivity contribution in [1.82, 2.24) is 9.55 Å². The molecule has 0 aliphatic carbocycles. The summed E-state index contributed by atoms with van der Waals surface area (Å²) in [5.74, 6) is 0.818. The number of halogens is 2. The lowest BCUT2D eigenvalue weighted by Crippen LogP contribution is -1.97. The number of aromatic nitrogens is 2. The minimum Gasteiger partial charge on any atom is -0.325 e. The van der Waals surface area contributed by atoms with E-state index in [2.05, 4.69) is 20.9 Å². The molecule has 16 heavy (non-hydrogen) atoms. The second-order valence-corrected chi connectivity index (χ2v) is 4.57. The van der Waals surface area contributed by atoms with Crippen LogP contribution in [0, 0.1) is 0 Å². The summed E-state index contributed by atoms with van der Waals surface area (Å²) in [5, 5.41) is 0.687. The highest BCUT2D eigenvalue weighted by Gasteiger charge is 2.14. The normalized spacial score (nSPS) is 10.8. The molecule has 3 nitrogen and oxygen atoms in total. The molecule has 2 rings (SSSR count). The predicted molar refractivity (Wildman–Crippen MR) is 69.2 cm³/mol. The minimum absolute atomic E-state index is 0.402. The monoisotopic (exact) mass is 299 g/mol. The van der Waals surface area contributed by atoms with Gasteiger partial charge in [0.1, 0.15) is 10.4 Å². The Hall–Kier alpha value is -0.840. The van der Waals surface area contributed by atoms with Gasteiger partial charge < -0.3 is 10.3 Å². The van der Waals surface area contributed by atoms with E-state index in [1.165, 1.54) is 0 Å². The van der Waals surface area contributed by atoms with Crippen LogP contribution in [0.3, 0.4) is 0 Å². The summed E-state index contributed by atoms with van der Waals surface area (Å²) in [5.41, 5.74) is 7.35. The van der Waals surface area contributed by atoms with Gasteiger partial charge in [0.2, 0.25) is 0 Å². The molecule has 0 spiro atoms. The van der Waals surface area contributed by atoms with E-state index in [0.717, 1.165) is 21.7 Å². The topological polar surface area (TPSA) is 43.8 Å². The number of hydrogen-bond acceptors (Lipinski definition) is 2. The molecule has 2 N–H and O–H groups in total. The van der Waals surface area contributed by atoms with Crippen LogP contribution < -0.4 is 5.73 Å². The molecule has 0 aliphatic rings. The average Bonchev–Trinajstić information content (AvgIpc) is 2.57. The van der Waals surface area contributed by atoms with Gasteiger partial charge in [-0.1, -0.05) is 23.7 Å². The van der Waals surface area contributed by atoms with Crippen LogP contribution in [0.15, 0.2) is 28.9 Å². The third-order valence-corrected chi connectivity index (χ3v) is 3.72. The lowest BCUT2D eigenvalue weighted by molar-refractivity contribution is 0.893. The first-order chi connectivity index (χ1) is 7.65. The van der Waals surface area contributed by atoms with E-state index in [1.807, 2.05) is 35.9 Å². The molecule has 0 amide bonds. The molecule has 0 radical (unpaired) electrons. The number of nitrogens with two attached hydrogens (primary N) is 1. The van der Waals surface area contributed by atoms with Gasteiger partial charge in [-0.25, -0.2) is 4.98 Å². The first kappa shape index (κ1) is 11.6. The van der Waals surface area contributed by atoms with Gasteiger partial charge >= 0.3 is 0 Å². The van der Waals surface area contributed by atoms with Crippen LogP contribution in [-0.2, 0) is 13.6 Å². The van der Waals surface area contributed by atoms with Crippen molar-refractivity contribution in [2.45, 2.75) is 6.54 Å². The molecule has 5 heteroatoms. The summed E-state index contributed by atoms with van der Waals surface area (Å²) in [4.78, 5) is 4.47. The lowest BCUT2D eigenvalue weighted by Gasteiger charge is -2.04. The zero-order chi connectivity index (χ0) is 11.7. The van der Waals surface area contributed by atoms with Crippen LogP contribution >= 0.6 is 27.5 Å². The lowest BCUT2D eigenvalue weighted by atomic mass is 10.2. The van der Waals surface area contributed by atoms with E-state index in [-0.39, 0.29) is 0 Å². The molecule has 84 valence electrons. The van der Waals surface area contributed by atoms with Crippen LogP contribution in [0.4, 0.5) is 0 Å². The first-order valence-corrected chi connectivity index (χ1v) is 5.98. The van der Waals surface area contributed by atoms with E-state index in [0.29, 0.717) is 11.6 Å². The molecular formula is C11H11BrClN3. The Labute approximate surface area is 107 Å². The van der Waals surface area contributed by atoms with Gasteiger partial charge in [-0.2, -0.15) is 0 Å². The Morgan fingerprint density at radius 1 is 1.44 bits per heavy atom. The van der Waals surface area contributed by atoms with Crippen molar-refractivity contribution >= 4 is 27.5 Å². The third kappa shape index (κ3) is 1.88. The quantitative estimate of drug-likeness (QED) is 0.926. The van der Waals surface area contributed by atoms with Crippen LogP contribution in [0.2, 0.25) is 5.02 Å². The van der Waals surface area contributed by atoms with Crippen molar-refractivity contribution in [2.24, 2.45) is 12.8 Å². The van der Waals surface area contributed by atoms with Crippen molar-refractivity contribution in [3.8, 4) is 11.4 Å². The van der Waals surface area contributed by atoms with Crippen molar-refractivity contribution in [3.63, 3.8) is 0 Å². The summed E-state index contributed by atoms with van der Waals surface area (Å²) in [7, 11) is 1.93. The van der Waals surface area contributed by atoms with Gasteiger partial charge in [0, 0.05) is 19.2 Å². The Bertz CT molecular complexity index is 522. The molecule has 0 fully saturated rings. The van der Waals surface area contributed by atoms with E-state index < -0.39 is 0 Å². The third-order valence-electron chi connectivity index (χ3n) is 2.40. The maximum atomic E-state index is 6.14. The SMILES string of the molecule is Cn1c(-c2ccccc2Cl)nc(CN)c1Br. The number of benzene rings is 1. The summed E-state index contributed by atoms with van der Waals surface area (Å²) < 4.78 is 2.83. The van der Waals surface area contributed by atoms with Crippen molar-refractivity contribution in [3.05, 3.63) is 39.6 Å². The summed E-state index contributed by atoms with van der Waals surface area (Å²) in [6, 6.07) is 7.62. The summed E-state index contributed by atoms with van der Waals surface area (Å²) in [6.45, 7) is 0.402. The second-order valence-electron chi connectivity index (χ2n) is 3.42. The van der Waals surface area contributed by atoms with Crippen LogP contribution in [-0.4, -0.2) is 9.55 Å². The predicted octanol–water partition coefficient (Wildman–Crippen LogP) is 2.96. The number of rotatable bonds is 2. The van der Waals surface area contributed by atoms with E-state index in [9.17, 15) is 0 Å². The maximum Gasteiger partial charge on any atom is 0.142 e. The highest BCUT2D eigenvalue weighted by molar-refractivity contribution is 9.10. The van der Waals surface area contributed by atoms with Gasteiger partial charge in [0.25, 0.3) is 0 Å². The molecule has 0 atom stereocenters.